The standard InChI is InChI=1S/C13H19N5O2S/c1-5-14-8-6-9(16-12(15-8)21-4)18-7-10(19)17-11(20)13(18,2)3/h6H,5,7H2,1-4H3,(H,14,15,16)(H,17,19,20). The van der Waals surface area contributed by atoms with E-state index in [-0.39, 0.29) is 18.4 Å². The number of aromatic nitrogens is 2. The van der Waals surface area contributed by atoms with Crippen LogP contribution in [0.4, 0.5) is 11.6 Å². The van der Waals surface area contributed by atoms with Gasteiger partial charge in [-0.2, -0.15) is 0 Å². The van der Waals surface area contributed by atoms with Crippen LogP contribution in [0.15, 0.2) is 11.2 Å². The number of carbonyl (C=O) groups is 2. The second kappa shape index (κ2) is 5.88. The van der Waals surface area contributed by atoms with Gasteiger partial charge in [0.1, 0.15) is 17.2 Å². The predicted octanol–water partition coefficient (Wildman–Crippen LogP) is 0.872. The van der Waals surface area contributed by atoms with Gasteiger partial charge in [0.25, 0.3) is 5.91 Å². The van der Waals surface area contributed by atoms with Crippen LogP contribution >= 0.6 is 11.8 Å². The largest absolute Gasteiger partial charge is 0.370 e. The highest BCUT2D eigenvalue weighted by molar-refractivity contribution is 7.98. The zero-order valence-corrected chi connectivity index (χ0v) is 13.4. The van der Waals surface area contributed by atoms with Gasteiger partial charge in [-0.15, -0.1) is 0 Å². The smallest absolute Gasteiger partial charge is 0.251 e. The number of anilines is 2. The van der Waals surface area contributed by atoms with E-state index in [1.807, 2.05) is 13.2 Å². The average Bonchev–Trinajstić information content (AvgIpc) is 2.43. The highest BCUT2D eigenvalue weighted by Gasteiger charge is 2.41. The molecule has 114 valence electrons. The minimum Gasteiger partial charge on any atom is -0.370 e. The number of hydrogen-bond donors (Lipinski definition) is 2. The molecule has 2 heterocycles. The summed E-state index contributed by atoms with van der Waals surface area (Å²) in [5.41, 5.74) is -0.846. The number of thioether (sulfide) groups is 1. The van der Waals surface area contributed by atoms with Crippen LogP contribution in [0.1, 0.15) is 20.8 Å². The molecule has 0 spiro atoms. The van der Waals surface area contributed by atoms with Gasteiger partial charge >= 0.3 is 0 Å². The lowest BCUT2D eigenvalue weighted by Crippen LogP contribution is -2.64. The van der Waals surface area contributed by atoms with Crippen molar-refractivity contribution in [3.05, 3.63) is 6.07 Å². The number of nitrogens with one attached hydrogen (secondary N) is 2. The van der Waals surface area contributed by atoms with Crippen molar-refractivity contribution in [2.24, 2.45) is 0 Å². The van der Waals surface area contributed by atoms with E-state index in [9.17, 15) is 9.59 Å². The van der Waals surface area contributed by atoms with E-state index in [2.05, 4.69) is 20.6 Å². The first kappa shape index (κ1) is 15.6. The number of imide groups is 1. The van der Waals surface area contributed by atoms with Gasteiger partial charge in [-0.1, -0.05) is 11.8 Å². The Bertz CT molecular complexity index is 576. The van der Waals surface area contributed by atoms with Gasteiger partial charge in [0, 0.05) is 12.6 Å². The molecule has 0 atom stereocenters. The maximum atomic E-state index is 12.0. The maximum Gasteiger partial charge on any atom is 0.251 e. The number of amides is 2. The molecule has 1 saturated heterocycles. The molecule has 0 radical (unpaired) electrons. The quantitative estimate of drug-likeness (QED) is 0.485. The number of piperazine rings is 1. The fourth-order valence-electron chi connectivity index (χ4n) is 2.06. The first-order valence-corrected chi connectivity index (χ1v) is 7.89. The Kier molecular flexibility index (Phi) is 4.36. The summed E-state index contributed by atoms with van der Waals surface area (Å²) in [5.74, 6) is 0.598. The van der Waals surface area contributed by atoms with E-state index in [0.29, 0.717) is 16.8 Å². The third-order valence-electron chi connectivity index (χ3n) is 3.29. The third-order valence-corrected chi connectivity index (χ3v) is 3.84. The minimum atomic E-state index is -0.846. The molecule has 0 bridgehead atoms. The molecule has 2 rings (SSSR count). The first-order chi connectivity index (χ1) is 9.88. The lowest BCUT2D eigenvalue weighted by Gasteiger charge is -2.41. The summed E-state index contributed by atoms with van der Waals surface area (Å²) in [6.07, 6.45) is 1.88. The fourth-order valence-corrected chi connectivity index (χ4v) is 2.44. The van der Waals surface area contributed by atoms with Crippen LogP contribution in [0.2, 0.25) is 0 Å². The van der Waals surface area contributed by atoms with Gasteiger partial charge < -0.3 is 10.2 Å². The topological polar surface area (TPSA) is 87.2 Å². The van der Waals surface area contributed by atoms with Crippen LogP contribution < -0.4 is 15.5 Å². The molecule has 2 amide bonds. The Morgan fingerprint density at radius 2 is 2.14 bits per heavy atom. The van der Waals surface area contributed by atoms with Crippen LogP contribution in [-0.4, -0.2) is 46.7 Å². The van der Waals surface area contributed by atoms with Crippen molar-refractivity contribution in [1.29, 1.82) is 0 Å². The van der Waals surface area contributed by atoms with Crippen molar-refractivity contribution in [2.75, 3.05) is 29.6 Å². The van der Waals surface area contributed by atoms with Crippen molar-refractivity contribution in [3.63, 3.8) is 0 Å². The van der Waals surface area contributed by atoms with Gasteiger partial charge in [-0.25, -0.2) is 9.97 Å². The van der Waals surface area contributed by atoms with Gasteiger partial charge in [0.05, 0.1) is 6.54 Å². The Morgan fingerprint density at radius 1 is 1.43 bits per heavy atom. The summed E-state index contributed by atoms with van der Waals surface area (Å²) in [6, 6.07) is 1.76. The highest BCUT2D eigenvalue weighted by Crippen LogP contribution is 2.28. The van der Waals surface area contributed by atoms with Gasteiger partial charge in [0.2, 0.25) is 5.91 Å². The van der Waals surface area contributed by atoms with Gasteiger partial charge in [0.15, 0.2) is 5.16 Å². The Labute approximate surface area is 127 Å². The van der Waals surface area contributed by atoms with Gasteiger partial charge in [-0.3, -0.25) is 14.9 Å². The second-order valence-electron chi connectivity index (χ2n) is 5.15. The number of rotatable bonds is 4. The van der Waals surface area contributed by atoms with E-state index in [4.69, 9.17) is 0 Å². The molecule has 0 aromatic carbocycles. The molecule has 21 heavy (non-hydrogen) atoms. The average molecular weight is 309 g/mol. The highest BCUT2D eigenvalue weighted by atomic mass is 32.2. The Morgan fingerprint density at radius 3 is 2.76 bits per heavy atom. The fraction of sp³-hybridized carbons (Fsp3) is 0.538. The molecule has 0 saturated carbocycles. The van der Waals surface area contributed by atoms with E-state index in [1.165, 1.54) is 11.8 Å². The Balaban J connectivity index is 2.45. The molecule has 2 N–H and O–H groups in total. The third kappa shape index (κ3) is 3.10. The molecular weight excluding hydrogens is 290 g/mol. The van der Waals surface area contributed by atoms with Crippen molar-refractivity contribution in [2.45, 2.75) is 31.5 Å². The normalized spacial score (nSPS) is 17.6. The number of hydrogen-bond acceptors (Lipinski definition) is 7. The zero-order chi connectivity index (χ0) is 15.6. The maximum absolute atomic E-state index is 12.0. The molecule has 1 aliphatic heterocycles. The van der Waals surface area contributed by atoms with Crippen LogP contribution in [-0.2, 0) is 9.59 Å². The molecule has 1 fully saturated rings. The summed E-state index contributed by atoms with van der Waals surface area (Å²) in [4.78, 5) is 34.2. The zero-order valence-electron chi connectivity index (χ0n) is 12.6. The van der Waals surface area contributed by atoms with E-state index < -0.39 is 5.54 Å². The number of nitrogens with zero attached hydrogens (tertiary/aromatic N) is 3. The minimum absolute atomic E-state index is 0.0924. The Hall–Kier alpha value is -1.83. The molecule has 1 aromatic heterocycles. The van der Waals surface area contributed by atoms with Crippen molar-refractivity contribution in [3.8, 4) is 0 Å². The molecule has 1 aliphatic rings. The van der Waals surface area contributed by atoms with Crippen molar-refractivity contribution >= 4 is 35.2 Å². The molecule has 7 nitrogen and oxygen atoms in total. The predicted molar refractivity (Wildman–Crippen MR) is 82.6 cm³/mol. The molecule has 1 aromatic rings. The number of carbonyl (C=O) groups excluding carboxylic acids is 2. The van der Waals surface area contributed by atoms with Crippen LogP contribution in [0, 0.1) is 0 Å². The van der Waals surface area contributed by atoms with E-state index in [1.54, 1.807) is 24.8 Å². The summed E-state index contributed by atoms with van der Waals surface area (Å²) in [5, 5.41) is 6.08. The molecule has 0 unspecified atom stereocenters. The van der Waals surface area contributed by atoms with Gasteiger partial charge in [-0.05, 0) is 27.0 Å². The summed E-state index contributed by atoms with van der Waals surface area (Å²) in [6.45, 7) is 6.33. The summed E-state index contributed by atoms with van der Waals surface area (Å²) < 4.78 is 0. The summed E-state index contributed by atoms with van der Waals surface area (Å²) in [7, 11) is 0. The summed E-state index contributed by atoms with van der Waals surface area (Å²) >= 11 is 1.41. The van der Waals surface area contributed by atoms with Crippen LogP contribution in [0.5, 0.6) is 0 Å². The lowest BCUT2D eigenvalue weighted by atomic mass is 9.99. The first-order valence-electron chi connectivity index (χ1n) is 6.67. The van der Waals surface area contributed by atoms with Crippen molar-refractivity contribution in [1.82, 2.24) is 15.3 Å². The van der Waals surface area contributed by atoms with Crippen molar-refractivity contribution < 1.29 is 9.59 Å². The van der Waals surface area contributed by atoms with Crippen LogP contribution in [0.25, 0.3) is 0 Å². The van der Waals surface area contributed by atoms with E-state index in [0.717, 1.165) is 6.54 Å². The monoisotopic (exact) mass is 309 g/mol. The SMILES string of the molecule is CCNc1cc(N2CC(=O)NC(=O)C2(C)C)nc(SC)n1. The van der Waals surface area contributed by atoms with Crippen LogP contribution in [0.3, 0.4) is 0 Å². The van der Waals surface area contributed by atoms with E-state index >= 15 is 0 Å². The molecule has 8 heteroatoms. The second-order valence-corrected chi connectivity index (χ2v) is 5.92. The molecular formula is C13H19N5O2S. The molecule has 0 aliphatic carbocycles. The lowest BCUT2D eigenvalue weighted by molar-refractivity contribution is -0.135.